The molecule has 3 heterocycles. The van der Waals surface area contributed by atoms with Gasteiger partial charge in [-0.05, 0) is 36.6 Å². The van der Waals surface area contributed by atoms with Crippen molar-refractivity contribution in [3.63, 3.8) is 0 Å². The van der Waals surface area contributed by atoms with Gasteiger partial charge in [-0.3, -0.25) is 9.78 Å². The molecule has 4 aromatic rings. The molecule has 34 heavy (non-hydrogen) atoms. The summed E-state index contributed by atoms with van der Waals surface area (Å²) in [6.45, 7) is 2.20. The molecule has 8 nitrogen and oxygen atoms in total. The maximum absolute atomic E-state index is 11.8. The van der Waals surface area contributed by atoms with Crippen LogP contribution < -0.4 is 4.74 Å². The first-order valence-electron chi connectivity index (χ1n) is 10.8. The van der Waals surface area contributed by atoms with Gasteiger partial charge in [-0.1, -0.05) is 24.3 Å². The average molecular weight is 473 g/mol. The molecular weight excluding hydrogens is 448 g/mol. The molecule has 3 aromatic heterocycles. The Morgan fingerprint density at radius 3 is 2.53 bits per heavy atom. The van der Waals surface area contributed by atoms with Crippen molar-refractivity contribution in [2.45, 2.75) is 32.3 Å². The molecule has 0 aliphatic carbocycles. The Kier molecular flexibility index (Phi) is 7.09. The zero-order chi connectivity index (χ0) is 24.1. The molecule has 9 heteroatoms. The monoisotopic (exact) mass is 472 g/mol. The van der Waals surface area contributed by atoms with Crippen LogP contribution in [0.5, 0.6) is 6.01 Å². The van der Waals surface area contributed by atoms with Gasteiger partial charge in [-0.2, -0.15) is 10.2 Å². The molecule has 0 saturated heterocycles. The minimum absolute atomic E-state index is 0.109. The molecule has 0 bridgehead atoms. The van der Waals surface area contributed by atoms with Crippen molar-refractivity contribution in [2.24, 2.45) is 0 Å². The second-order valence-corrected chi connectivity index (χ2v) is 9.08. The van der Waals surface area contributed by atoms with E-state index in [0.29, 0.717) is 30.2 Å². The van der Waals surface area contributed by atoms with Gasteiger partial charge in [0, 0.05) is 32.9 Å². The second kappa shape index (κ2) is 10.4. The van der Waals surface area contributed by atoms with Crippen LogP contribution in [0, 0.1) is 18.3 Å². The first kappa shape index (κ1) is 23.3. The fraction of sp³-hybridized carbons (Fsp3) is 0.280. The van der Waals surface area contributed by atoms with E-state index in [1.807, 2.05) is 37.3 Å². The summed E-state index contributed by atoms with van der Waals surface area (Å²) in [6, 6.07) is 14.0. The largest absolute Gasteiger partial charge is 0.459 e. The number of thiazole rings is 1. The number of amides is 1. The number of carbonyl (C=O) groups is 1. The lowest BCUT2D eigenvalue weighted by Crippen LogP contribution is -2.21. The summed E-state index contributed by atoms with van der Waals surface area (Å²) in [7, 11) is 3.52. The molecule has 172 valence electrons. The molecule has 0 aliphatic rings. The van der Waals surface area contributed by atoms with Crippen molar-refractivity contribution in [1.29, 1.82) is 5.26 Å². The summed E-state index contributed by atoms with van der Waals surface area (Å²) in [4.78, 5) is 30.9. The summed E-state index contributed by atoms with van der Waals surface area (Å²) < 4.78 is 6.78. The molecule has 0 aliphatic heterocycles. The SMILES string of the molecule is Cc1nccc2sc(C(C#N)c3ccnc(OCc4ccc(CCC(=O)N(C)C)cc4)n3)nc12. The number of nitriles is 1. The van der Waals surface area contributed by atoms with E-state index in [0.717, 1.165) is 27.0 Å². The Bertz CT molecular complexity index is 1340. The fourth-order valence-electron chi connectivity index (χ4n) is 3.38. The Labute approximate surface area is 201 Å². The molecule has 0 radical (unpaired) electrons. The number of fused-ring (bicyclic) bond motifs is 1. The van der Waals surface area contributed by atoms with Crippen molar-refractivity contribution in [3.05, 3.63) is 76.3 Å². The quantitative estimate of drug-likeness (QED) is 0.381. The van der Waals surface area contributed by atoms with E-state index in [2.05, 4.69) is 26.0 Å². The van der Waals surface area contributed by atoms with Crippen LogP contribution in [0.25, 0.3) is 10.2 Å². The van der Waals surface area contributed by atoms with Crippen molar-refractivity contribution >= 4 is 27.5 Å². The predicted molar refractivity (Wildman–Crippen MR) is 129 cm³/mol. The van der Waals surface area contributed by atoms with Gasteiger partial charge in [0.05, 0.1) is 22.2 Å². The summed E-state index contributed by atoms with van der Waals surface area (Å²) in [5, 5.41) is 10.5. The fourth-order valence-corrected chi connectivity index (χ4v) is 4.45. The lowest BCUT2D eigenvalue weighted by Gasteiger charge is -2.10. The van der Waals surface area contributed by atoms with E-state index in [-0.39, 0.29) is 11.9 Å². The Balaban J connectivity index is 1.42. The van der Waals surface area contributed by atoms with E-state index in [9.17, 15) is 10.1 Å². The summed E-state index contributed by atoms with van der Waals surface area (Å²) in [5.74, 6) is -0.510. The predicted octanol–water partition coefficient (Wildman–Crippen LogP) is 4.05. The zero-order valence-corrected chi connectivity index (χ0v) is 20.0. The lowest BCUT2D eigenvalue weighted by molar-refractivity contribution is -0.128. The van der Waals surface area contributed by atoms with Crippen LogP contribution in [0.3, 0.4) is 0 Å². The number of rotatable bonds is 8. The maximum Gasteiger partial charge on any atom is 0.316 e. The molecule has 4 rings (SSSR count). The number of nitrogens with zero attached hydrogens (tertiary/aromatic N) is 6. The van der Waals surface area contributed by atoms with Gasteiger partial charge in [0.1, 0.15) is 23.0 Å². The third-order valence-corrected chi connectivity index (χ3v) is 6.44. The van der Waals surface area contributed by atoms with Gasteiger partial charge in [-0.25, -0.2) is 9.97 Å². The van der Waals surface area contributed by atoms with Gasteiger partial charge in [0.15, 0.2) is 0 Å². The van der Waals surface area contributed by atoms with E-state index < -0.39 is 5.92 Å². The number of carbonyl (C=O) groups excluding carboxylic acids is 1. The zero-order valence-electron chi connectivity index (χ0n) is 19.2. The van der Waals surface area contributed by atoms with Crippen LogP contribution in [0.4, 0.5) is 0 Å². The van der Waals surface area contributed by atoms with Gasteiger partial charge in [-0.15, -0.1) is 11.3 Å². The van der Waals surface area contributed by atoms with Crippen LogP contribution >= 0.6 is 11.3 Å². The second-order valence-electron chi connectivity index (χ2n) is 8.01. The molecular formula is C25H24N6O2S. The minimum atomic E-state index is -0.619. The number of aromatic nitrogens is 4. The Morgan fingerprint density at radius 1 is 1.09 bits per heavy atom. The minimum Gasteiger partial charge on any atom is -0.459 e. The first-order valence-corrected chi connectivity index (χ1v) is 11.6. The number of hydrogen-bond acceptors (Lipinski definition) is 8. The molecule has 0 fully saturated rings. The third-order valence-electron chi connectivity index (χ3n) is 5.35. The topological polar surface area (TPSA) is 105 Å². The van der Waals surface area contributed by atoms with Crippen LogP contribution in [0.2, 0.25) is 0 Å². The molecule has 0 spiro atoms. The highest BCUT2D eigenvalue weighted by atomic mass is 32.1. The van der Waals surface area contributed by atoms with Crippen molar-refractivity contribution in [2.75, 3.05) is 14.1 Å². The van der Waals surface area contributed by atoms with Crippen LogP contribution in [-0.4, -0.2) is 44.8 Å². The van der Waals surface area contributed by atoms with Crippen molar-refractivity contribution in [3.8, 4) is 12.1 Å². The van der Waals surface area contributed by atoms with Gasteiger partial charge < -0.3 is 9.64 Å². The summed E-state index contributed by atoms with van der Waals surface area (Å²) in [6.07, 6.45) is 4.51. The average Bonchev–Trinajstić information content (AvgIpc) is 3.28. The first-order chi connectivity index (χ1) is 16.4. The summed E-state index contributed by atoms with van der Waals surface area (Å²) in [5.41, 5.74) is 4.23. The number of benzene rings is 1. The smallest absolute Gasteiger partial charge is 0.316 e. The number of hydrogen-bond donors (Lipinski definition) is 0. The van der Waals surface area contributed by atoms with E-state index in [1.54, 1.807) is 37.5 Å². The van der Waals surface area contributed by atoms with Crippen LogP contribution in [0.1, 0.15) is 39.9 Å². The number of aryl methyl sites for hydroxylation is 2. The van der Waals surface area contributed by atoms with Gasteiger partial charge in [0.2, 0.25) is 5.91 Å². The molecule has 1 aromatic carbocycles. The van der Waals surface area contributed by atoms with Crippen molar-refractivity contribution < 1.29 is 9.53 Å². The highest BCUT2D eigenvalue weighted by Crippen LogP contribution is 2.31. The van der Waals surface area contributed by atoms with Crippen molar-refractivity contribution in [1.82, 2.24) is 24.8 Å². The summed E-state index contributed by atoms with van der Waals surface area (Å²) >= 11 is 1.46. The van der Waals surface area contributed by atoms with Gasteiger partial charge >= 0.3 is 6.01 Å². The Morgan fingerprint density at radius 2 is 1.82 bits per heavy atom. The number of ether oxygens (including phenoxy) is 1. The third kappa shape index (κ3) is 5.35. The highest BCUT2D eigenvalue weighted by molar-refractivity contribution is 7.18. The normalized spacial score (nSPS) is 11.7. The lowest BCUT2D eigenvalue weighted by atomic mass is 10.1. The van der Waals surface area contributed by atoms with Crippen LogP contribution in [0.15, 0.2) is 48.8 Å². The molecule has 1 unspecified atom stereocenters. The van der Waals surface area contributed by atoms with E-state index in [4.69, 9.17) is 4.74 Å². The molecule has 0 saturated carbocycles. The number of pyridine rings is 1. The highest BCUT2D eigenvalue weighted by Gasteiger charge is 2.21. The van der Waals surface area contributed by atoms with E-state index >= 15 is 0 Å². The Hall–Kier alpha value is -3.90. The van der Waals surface area contributed by atoms with E-state index in [1.165, 1.54) is 11.3 Å². The molecule has 0 N–H and O–H groups in total. The molecule has 1 atom stereocenters. The molecule has 1 amide bonds. The van der Waals surface area contributed by atoms with Gasteiger partial charge in [0.25, 0.3) is 0 Å². The van der Waals surface area contributed by atoms with Crippen LogP contribution in [-0.2, 0) is 17.8 Å². The maximum atomic E-state index is 11.8. The standard InChI is InChI=1S/C25H24N6O2S/c1-16-23-21(11-13-27-16)34-24(30-23)19(14-26)20-10-12-28-25(29-20)33-15-18-6-4-17(5-7-18)8-9-22(32)31(2)3/h4-7,10-13,19H,8-9,15H2,1-3H3.